The highest BCUT2D eigenvalue weighted by molar-refractivity contribution is 7.84. The Morgan fingerprint density at radius 3 is 2.70 bits per heavy atom. The van der Waals surface area contributed by atoms with Gasteiger partial charge in [0.05, 0.1) is 44.9 Å². The molecule has 7 nitrogen and oxygen atoms in total. The van der Waals surface area contributed by atoms with E-state index >= 15 is 0 Å². The minimum atomic E-state index is -1.35. The molecule has 0 unspecified atom stereocenters. The number of para-hydroxylation sites is 1. The van der Waals surface area contributed by atoms with Crippen molar-refractivity contribution in [2.75, 3.05) is 0 Å². The number of hydrogen-bond donors (Lipinski definition) is 1. The predicted octanol–water partition coefficient (Wildman–Crippen LogP) is 4.33. The zero-order chi connectivity index (χ0) is 23.6. The van der Waals surface area contributed by atoms with Gasteiger partial charge in [-0.05, 0) is 57.5 Å². The second-order valence-corrected chi connectivity index (χ2v) is 10.8. The first-order valence-corrected chi connectivity index (χ1v) is 11.9. The molecule has 3 aromatic heterocycles. The van der Waals surface area contributed by atoms with E-state index in [4.69, 9.17) is 4.98 Å². The Kier molecular flexibility index (Phi) is 6.36. The molecule has 0 aliphatic heterocycles. The van der Waals surface area contributed by atoms with Gasteiger partial charge in [-0.25, -0.2) is 18.6 Å². The number of aryl methyl sites for hydroxylation is 1. The highest BCUT2D eigenvalue weighted by Crippen LogP contribution is 2.27. The van der Waals surface area contributed by atoms with Crippen molar-refractivity contribution in [1.82, 2.24) is 24.5 Å². The summed E-state index contributed by atoms with van der Waals surface area (Å²) in [4.78, 5) is 9.21. The first-order chi connectivity index (χ1) is 15.8. The lowest BCUT2D eigenvalue weighted by Gasteiger charge is -2.25. The summed E-state index contributed by atoms with van der Waals surface area (Å²) < 4.78 is 17.8. The molecule has 0 aliphatic rings. The largest absolute Gasteiger partial charge is 0.257 e. The van der Waals surface area contributed by atoms with Gasteiger partial charge >= 0.3 is 0 Å². The van der Waals surface area contributed by atoms with Gasteiger partial charge in [-0.1, -0.05) is 24.3 Å². The molecular weight excluding hydrogens is 432 g/mol. The Morgan fingerprint density at radius 1 is 1.15 bits per heavy atom. The third-order valence-electron chi connectivity index (χ3n) is 5.37. The van der Waals surface area contributed by atoms with Crippen molar-refractivity contribution in [2.45, 2.75) is 44.9 Å². The third-order valence-corrected chi connectivity index (χ3v) is 6.98. The molecule has 1 aromatic carbocycles. The lowest BCUT2D eigenvalue weighted by molar-refractivity contribution is 0.580. The second-order valence-electron chi connectivity index (χ2n) is 8.85. The average Bonchev–Trinajstić information content (AvgIpc) is 3.23. The number of pyridine rings is 2. The number of hydrogen-bond acceptors (Lipinski definition) is 5. The summed E-state index contributed by atoms with van der Waals surface area (Å²) in [6.45, 7) is 7.73. The highest BCUT2D eigenvalue weighted by atomic mass is 32.2. The molecule has 0 amide bonds. The van der Waals surface area contributed by atoms with E-state index in [1.807, 2.05) is 81.0 Å². The van der Waals surface area contributed by atoms with E-state index in [0.717, 1.165) is 27.8 Å². The van der Waals surface area contributed by atoms with Gasteiger partial charge in [-0.3, -0.25) is 4.98 Å². The Bertz CT molecular complexity index is 1370. The minimum absolute atomic E-state index is 0.352. The van der Waals surface area contributed by atoms with Crippen molar-refractivity contribution in [3.8, 4) is 11.8 Å². The fourth-order valence-electron chi connectivity index (χ4n) is 3.55. The van der Waals surface area contributed by atoms with Crippen molar-refractivity contribution < 1.29 is 4.21 Å². The molecule has 4 rings (SSSR count). The molecule has 0 radical (unpaired) electrons. The van der Waals surface area contributed by atoms with E-state index in [0.29, 0.717) is 17.8 Å². The Morgan fingerprint density at radius 2 is 1.94 bits per heavy atom. The Balaban J connectivity index is 1.83. The molecule has 0 saturated heterocycles. The number of aromatic nitrogens is 4. The minimum Gasteiger partial charge on any atom is -0.257 e. The van der Waals surface area contributed by atoms with E-state index in [1.165, 1.54) is 0 Å². The van der Waals surface area contributed by atoms with Crippen LogP contribution < -0.4 is 4.72 Å². The molecule has 1 N–H and O–H groups in total. The van der Waals surface area contributed by atoms with Crippen LogP contribution in [0.25, 0.3) is 16.6 Å². The van der Waals surface area contributed by atoms with Crippen LogP contribution in [0.15, 0.2) is 60.9 Å². The number of nitrogens with zero attached hydrogens (tertiary/aromatic N) is 5. The van der Waals surface area contributed by atoms with E-state index in [2.05, 4.69) is 20.9 Å². The van der Waals surface area contributed by atoms with E-state index in [1.54, 1.807) is 12.3 Å². The monoisotopic (exact) mass is 458 g/mol. The van der Waals surface area contributed by atoms with Crippen molar-refractivity contribution in [2.24, 2.45) is 0 Å². The number of nitrogens with one attached hydrogen (secondary N) is 1. The first-order valence-electron chi connectivity index (χ1n) is 10.7. The molecule has 0 saturated carbocycles. The smallest absolute Gasteiger partial charge is 0.140 e. The van der Waals surface area contributed by atoms with Gasteiger partial charge in [0, 0.05) is 23.7 Å². The summed E-state index contributed by atoms with van der Waals surface area (Å²) in [6.07, 6.45) is 3.97. The van der Waals surface area contributed by atoms with E-state index in [9.17, 15) is 9.47 Å². The summed E-state index contributed by atoms with van der Waals surface area (Å²) in [5, 5.41) is 15.0. The molecule has 0 fully saturated rings. The van der Waals surface area contributed by atoms with Crippen molar-refractivity contribution >= 4 is 21.9 Å². The zero-order valence-electron chi connectivity index (χ0n) is 19.1. The van der Waals surface area contributed by atoms with Crippen LogP contribution in [-0.4, -0.2) is 28.7 Å². The van der Waals surface area contributed by atoms with Gasteiger partial charge in [0.15, 0.2) is 0 Å². The van der Waals surface area contributed by atoms with Gasteiger partial charge < -0.3 is 0 Å². The van der Waals surface area contributed by atoms with Crippen LogP contribution >= 0.6 is 0 Å². The number of fused-ring (bicyclic) bond motifs is 1. The van der Waals surface area contributed by atoms with E-state index < -0.39 is 21.8 Å². The zero-order valence-corrected chi connectivity index (χ0v) is 19.9. The topological polar surface area (TPSA) is 96.5 Å². The molecule has 3 heterocycles. The van der Waals surface area contributed by atoms with Crippen LogP contribution in [0, 0.1) is 18.3 Å². The summed E-state index contributed by atoms with van der Waals surface area (Å²) in [5.41, 5.74) is 4.56. The van der Waals surface area contributed by atoms with Gasteiger partial charge in [-0.2, -0.15) is 10.4 Å². The molecule has 8 heteroatoms. The van der Waals surface area contributed by atoms with Crippen LogP contribution in [0.4, 0.5) is 0 Å². The van der Waals surface area contributed by atoms with Gasteiger partial charge in [0.2, 0.25) is 0 Å². The summed E-state index contributed by atoms with van der Waals surface area (Å²) in [6, 6.07) is 17.1. The van der Waals surface area contributed by atoms with Crippen LogP contribution in [-0.2, 0) is 17.4 Å². The SMILES string of the molecule is Cc1ccc(C#N)nc1C[C@H](N[S@@](=O)C(C)(C)C)c1ncccc1-n1ncc2ccccc21. The summed E-state index contributed by atoms with van der Waals surface area (Å²) in [7, 11) is -1.35. The summed E-state index contributed by atoms with van der Waals surface area (Å²) >= 11 is 0. The third kappa shape index (κ3) is 4.85. The van der Waals surface area contributed by atoms with Gasteiger partial charge in [0.1, 0.15) is 11.8 Å². The van der Waals surface area contributed by atoms with Crippen LogP contribution in [0.1, 0.15) is 49.5 Å². The Labute approximate surface area is 196 Å². The maximum Gasteiger partial charge on any atom is 0.140 e. The molecule has 4 aromatic rings. The normalized spacial score (nSPS) is 13.5. The fraction of sp³-hybridized carbons (Fsp3) is 0.280. The van der Waals surface area contributed by atoms with Crippen molar-refractivity contribution in [1.29, 1.82) is 5.26 Å². The van der Waals surface area contributed by atoms with Crippen LogP contribution in [0.3, 0.4) is 0 Å². The lowest BCUT2D eigenvalue weighted by Crippen LogP contribution is -2.37. The molecule has 0 spiro atoms. The second kappa shape index (κ2) is 9.22. The number of benzene rings is 1. The standard InChI is InChI=1S/C25H26N6OS/c1-17-11-12-19(15-26)29-20(17)14-21(30-33(32)25(2,3)4)24-23(10-7-13-27-24)31-22-9-6-5-8-18(22)16-28-31/h5-13,16,21,30H,14H2,1-4H3/t21-,33-/m0/s1. The maximum absolute atomic E-state index is 13.1. The van der Waals surface area contributed by atoms with Gasteiger partial charge in [-0.15, -0.1) is 0 Å². The quantitative estimate of drug-likeness (QED) is 0.464. The molecular formula is C25H26N6OS. The van der Waals surface area contributed by atoms with Crippen molar-refractivity contribution in [3.05, 3.63) is 83.6 Å². The van der Waals surface area contributed by atoms with Crippen LogP contribution in [0.2, 0.25) is 0 Å². The van der Waals surface area contributed by atoms with Crippen LogP contribution in [0.5, 0.6) is 0 Å². The van der Waals surface area contributed by atoms with Crippen molar-refractivity contribution in [3.63, 3.8) is 0 Å². The molecule has 33 heavy (non-hydrogen) atoms. The Hall–Kier alpha value is -3.41. The van der Waals surface area contributed by atoms with E-state index in [-0.39, 0.29) is 0 Å². The highest BCUT2D eigenvalue weighted by Gasteiger charge is 2.27. The number of rotatable bonds is 6. The summed E-state index contributed by atoms with van der Waals surface area (Å²) in [5.74, 6) is 0. The molecule has 0 bridgehead atoms. The van der Waals surface area contributed by atoms with Gasteiger partial charge in [0.25, 0.3) is 0 Å². The predicted molar refractivity (Wildman–Crippen MR) is 130 cm³/mol. The first kappa shape index (κ1) is 22.8. The average molecular weight is 459 g/mol. The molecule has 2 atom stereocenters. The lowest BCUT2D eigenvalue weighted by atomic mass is 10.0. The number of nitriles is 1. The molecule has 0 aliphatic carbocycles. The maximum atomic E-state index is 13.1. The molecule has 168 valence electrons. The fourth-order valence-corrected chi connectivity index (χ4v) is 4.36.